The molecule has 3 aromatic carbocycles. The number of hydrogen-bond donors (Lipinski definition) is 1. The highest BCUT2D eigenvalue weighted by molar-refractivity contribution is 7.13. The Bertz CT molecular complexity index is 1470. The first-order valence-electron chi connectivity index (χ1n) is 11.3. The van der Waals surface area contributed by atoms with Gasteiger partial charge >= 0.3 is 0 Å². The number of nitrogens with zero attached hydrogens (tertiary/aromatic N) is 2. The molecule has 5 aromatic rings. The molecule has 5 rings (SSSR count). The number of ether oxygens (including phenoxy) is 1. The summed E-state index contributed by atoms with van der Waals surface area (Å²) in [5.41, 5.74) is 4.49. The van der Waals surface area contributed by atoms with Crippen LogP contribution in [-0.4, -0.2) is 18.1 Å². The van der Waals surface area contributed by atoms with Crippen LogP contribution in [0.3, 0.4) is 0 Å². The van der Waals surface area contributed by atoms with Gasteiger partial charge in [0, 0.05) is 41.2 Å². The lowest BCUT2D eigenvalue weighted by Crippen LogP contribution is -2.21. The maximum atomic E-state index is 8.48. The van der Waals surface area contributed by atoms with Crippen molar-refractivity contribution in [3.8, 4) is 33.3 Å². The van der Waals surface area contributed by atoms with Gasteiger partial charge < -0.3 is 14.1 Å². The first-order valence-corrected chi connectivity index (χ1v) is 12.2. The summed E-state index contributed by atoms with van der Waals surface area (Å²) in [7, 11) is 0. The highest BCUT2D eigenvalue weighted by Crippen LogP contribution is 2.31. The lowest BCUT2D eigenvalue weighted by atomic mass is 10.1. The zero-order valence-electron chi connectivity index (χ0n) is 19.1. The van der Waals surface area contributed by atoms with Crippen LogP contribution in [0.1, 0.15) is 13.8 Å². The number of nitrogens with one attached hydrogen (secondary N) is 1. The largest absolute Gasteiger partial charge is 0.457 e. The number of benzene rings is 3. The Hall–Kier alpha value is -3.90. The number of anilines is 1. The van der Waals surface area contributed by atoms with Gasteiger partial charge in [0.05, 0.1) is 11.3 Å². The van der Waals surface area contributed by atoms with Crippen molar-refractivity contribution in [2.24, 2.45) is 0 Å². The normalized spacial score (nSPS) is 11.0. The van der Waals surface area contributed by atoms with Crippen LogP contribution in [0, 0.1) is 5.41 Å². The van der Waals surface area contributed by atoms with Gasteiger partial charge in [0.15, 0.2) is 0 Å². The minimum absolute atomic E-state index is 0.122. The second-order valence-corrected chi connectivity index (χ2v) is 8.72. The highest BCUT2D eigenvalue weighted by atomic mass is 32.1. The van der Waals surface area contributed by atoms with E-state index in [1.54, 1.807) is 0 Å². The Morgan fingerprint density at radius 3 is 2.38 bits per heavy atom. The minimum Gasteiger partial charge on any atom is -0.457 e. The summed E-state index contributed by atoms with van der Waals surface area (Å²) in [4.78, 5) is 7.05. The summed E-state index contributed by atoms with van der Waals surface area (Å²) < 4.78 is 11.8. The molecule has 0 aliphatic rings. The van der Waals surface area contributed by atoms with E-state index >= 15 is 0 Å². The molecule has 0 amide bonds. The van der Waals surface area contributed by atoms with Crippen molar-refractivity contribution in [2.45, 2.75) is 13.8 Å². The van der Waals surface area contributed by atoms with Gasteiger partial charge in [-0.05, 0) is 68.4 Å². The second kappa shape index (κ2) is 9.53. The lowest BCUT2D eigenvalue weighted by Gasteiger charge is -2.21. The third-order valence-electron chi connectivity index (χ3n) is 5.75. The number of fused-ring (bicyclic) bond motifs is 1. The molecular weight excluding hydrogens is 442 g/mol. The standard InChI is InChI=1S/C28H25N3O2S/c1-3-31(4-2)21-13-10-20-16-24(27(29)33-26(20)17-21)28-30-25(18-34-28)19-11-14-23(15-12-19)32-22-8-6-5-7-9-22/h5-18,29H,3-4H2,1-2H3. The number of rotatable bonds is 7. The topological polar surface area (TPSA) is 62.4 Å². The third kappa shape index (κ3) is 4.45. The van der Waals surface area contributed by atoms with Gasteiger partial charge in [0.25, 0.3) is 0 Å². The van der Waals surface area contributed by atoms with Gasteiger partial charge in [0.2, 0.25) is 5.55 Å². The van der Waals surface area contributed by atoms with Crippen LogP contribution in [0.15, 0.2) is 88.7 Å². The van der Waals surface area contributed by atoms with Crippen LogP contribution in [0.4, 0.5) is 5.69 Å². The Morgan fingerprint density at radius 2 is 1.65 bits per heavy atom. The molecule has 0 fully saturated rings. The third-order valence-corrected chi connectivity index (χ3v) is 6.62. The van der Waals surface area contributed by atoms with Gasteiger partial charge in [-0.25, -0.2) is 4.98 Å². The number of aromatic nitrogens is 1. The monoisotopic (exact) mass is 467 g/mol. The predicted molar refractivity (Wildman–Crippen MR) is 139 cm³/mol. The molecule has 0 spiro atoms. The molecule has 1 N–H and O–H groups in total. The molecule has 0 aliphatic heterocycles. The number of thiazole rings is 1. The van der Waals surface area contributed by atoms with Gasteiger partial charge in [-0.2, -0.15) is 0 Å². The van der Waals surface area contributed by atoms with Crippen LogP contribution >= 0.6 is 11.3 Å². The predicted octanol–water partition coefficient (Wildman–Crippen LogP) is 7.34. The molecule has 0 unspecified atom stereocenters. The van der Waals surface area contributed by atoms with Crippen LogP contribution < -0.4 is 15.2 Å². The molecular formula is C28H25N3O2S. The molecule has 2 heterocycles. The fourth-order valence-corrected chi connectivity index (χ4v) is 4.75. The van der Waals surface area contributed by atoms with Crippen molar-refractivity contribution in [2.75, 3.05) is 18.0 Å². The van der Waals surface area contributed by atoms with Gasteiger partial charge in [-0.3, -0.25) is 5.41 Å². The van der Waals surface area contributed by atoms with Crippen LogP contribution in [0.25, 0.3) is 32.8 Å². The van der Waals surface area contributed by atoms with Crippen molar-refractivity contribution in [3.05, 3.63) is 89.8 Å². The van der Waals surface area contributed by atoms with Gasteiger partial charge in [-0.1, -0.05) is 18.2 Å². The summed E-state index contributed by atoms with van der Waals surface area (Å²) in [5.74, 6) is 1.58. The first-order chi connectivity index (χ1) is 16.6. The maximum Gasteiger partial charge on any atom is 0.222 e. The zero-order chi connectivity index (χ0) is 23.5. The van der Waals surface area contributed by atoms with E-state index in [1.807, 2.05) is 72.1 Å². The molecule has 0 aliphatic carbocycles. The molecule has 0 atom stereocenters. The Balaban J connectivity index is 1.40. The Morgan fingerprint density at radius 1 is 0.912 bits per heavy atom. The average molecular weight is 468 g/mol. The van der Waals surface area contributed by atoms with E-state index in [1.165, 1.54) is 11.3 Å². The van der Waals surface area contributed by atoms with Crippen molar-refractivity contribution < 1.29 is 9.15 Å². The van der Waals surface area contributed by atoms with Gasteiger partial charge in [-0.15, -0.1) is 11.3 Å². The van der Waals surface area contributed by atoms with E-state index in [0.717, 1.165) is 51.9 Å². The fourth-order valence-electron chi connectivity index (χ4n) is 3.91. The van der Waals surface area contributed by atoms with Crippen LogP contribution in [-0.2, 0) is 0 Å². The average Bonchev–Trinajstić information content (AvgIpc) is 3.35. The molecule has 0 radical (unpaired) electrons. The lowest BCUT2D eigenvalue weighted by molar-refractivity contribution is 0.483. The molecule has 0 saturated carbocycles. The molecule has 170 valence electrons. The van der Waals surface area contributed by atoms with Gasteiger partial charge in [0.1, 0.15) is 22.1 Å². The van der Waals surface area contributed by atoms with Crippen molar-refractivity contribution in [1.29, 1.82) is 5.41 Å². The van der Waals surface area contributed by atoms with Crippen molar-refractivity contribution >= 4 is 28.0 Å². The number of para-hydroxylation sites is 1. The molecule has 5 nitrogen and oxygen atoms in total. The van der Waals surface area contributed by atoms with Crippen LogP contribution in [0.2, 0.25) is 0 Å². The van der Waals surface area contributed by atoms with E-state index in [9.17, 15) is 0 Å². The SMILES string of the molecule is CCN(CC)c1ccc2cc(-c3nc(-c4ccc(Oc5ccccc5)cc4)cs3)c(=N)oc2c1. The molecule has 2 aromatic heterocycles. The summed E-state index contributed by atoms with van der Waals surface area (Å²) in [5, 5.41) is 12.2. The smallest absolute Gasteiger partial charge is 0.222 e. The quantitative estimate of drug-likeness (QED) is 0.272. The summed E-state index contributed by atoms with van der Waals surface area (Å²) in [6.07, 6.45) is 0. The molecule has 6 heteroatoms. The Labute approximate surface area is 202 Å². The minimum atomic E-state index is 0.122. The van der Waals surface area contributed by atoms with Crippen molar-refractivity contribution in [3.63, 3.8) is 0 Å². The first kappa shape index (κ1) is 21.9. The van der Waals surface area contributed by atoms with E-state index in [2.05, 4.69) is 30.9 Å². The maximum absolute atomic E-state index is 8.48. The van der Waals surface area contributed by atoms with Crippen LogP contribution in [0.5, 0.6) is 11.5 Å². The summed E-state index contributed by atoms with van der Waals surface area (Å²) in [6.45, 7) is 6.12. The summed E-state index contributed by atoms with van der Waals surface area (Å²) >= 11 is 1.51. The van der Waals surface area contributed by atoms with E-state index in [4.69, 9.17) is 19.5 Å². The highest BCUT2D eigenvalue weighted by Gasteiger charge is 2.13. The molecule has 0 bridgehead atoms. The zero-order valence-corrected chi connectivity index (χ0v) is 19.9. The summed E-state index contributed by atoms with van der Waals surface area (Å²) in [6, 6.07) is 25.8. The fraction of sp³-hybridized carbons (Fsp3) is 0.143. The molecule has 34 heavy (non-hydrogen) atoms. The second-order valence-electron chi connectivity index (χ2n) is 7.86. The van der Waals surface area contributed by atoms with E-state index < -0.39 is 0 Å². The van der Waals surface area contributed by atoms with Crippen molar-refractivity contribution in [1.82, 2.24) is 4.98 Å². The van der Waals surface area contributed by atoms with E-state index in [0.29, 0.717) is 11.1 Å². The number of hydrogen-bond acceptors (Lipinski definition) is 6. The molecule has 0 saturated heterocycles. The van der Waals surface area contributed by atoms with E-state index in [-0.39, 0.29) is 5.55 Å². The Kier molecular flexibility index (Phi) is 6.14.